The lowest BCUT2D eigenvalue weighted by molar-refractivity contribution is 0.250. The standard InChI is InChI=1S/C34H39N9O2S/c1-40(27-12-6-3-7-13-27)46(44,45)32-15-9-8-14-30(32)36-34-35-24-31-33(37-34)43(39-38-31)29-18-16-28(17-19-29)42-22-20-41(21-23-42)25-26-10-4-2-5-11-26/h2,4-5,8-11,14-19,24,27H,3,6-7,12-13,20-23,25H2,1H3,(H,35,36,37). The Morgan fingerprint density at radius 3 is 2.30 bits per heavy atom. The maximum absolute atomic E-state index is 13.7. The summed E-state index contributed by atoms with van der Waals surface area (Å²) in [6.07, 6.45) is 6.63. The Balaban J connectivity index is 1.06. The predicted octanol–water partition coefficient (Wildman–Crippen LogP) is 5.23. The van der Waals surface area contributed by atoms with Crippen molar-refractivity contribution in [1.29, 1.82) is 0 Å². The van der Waals surface area contributed by atoms with Crippen LogP contribution < -0.4 is 10.2 Å². The normalized spacial score (nSPS) is 16.7. The van der Waals surface area contributed by atoms with Gasteiger partial charge in [-0.2, -0.15) is 14.0 Å². The number of benzene rings is 3. The summed E-state index contributed by atoms with van der Waals surface area (Å²) < 4.78 is 30.6. The molecule has 2 fully saturated rings. The fraction of sp³-hybridized carbons (Fsp3) is 0.353. The largest absolute Gasteiger partial charge is 0.369 e. The summed E-state index contributed by atoms with van der Waals surface area (Å²) in [5.41, 5.74) is 4.84. The topological polar surface area (TPSA) is 112 Å². The second kappa shape index (κ2) is 13.1. The molecule has 0 radical (unpaired) electrons. The van der Waals surface area contributed by atoms with Crippen molar-refractivity contribution < 1.29 is 8.42 Å². The molecule has 1 saturated carbocycles. The first-order valence-corrected chi connectivity index (χ1v) is 17.4. The maximum Gasteiger partial charge on any atom is 0.245 e. The molecule has 7 rings (SSSR count). The van der Waals surface area contributed by atoms with Crippen molar-refractivity contribution in [1.82, 2.24) is 34.2 Å². The summed E-state index contributed by atoms with van der Waals surface area (Å²) in [5, 5.41) is 11.8. The highest BCUT2D eigenvalue weighted by Crippen LogP contribution is 2.31. The molecule has 3 aromatic carbocycles. The number of hydrogen-bond acceptors (Lipinski definition) is 9. The van der Waals surface area contributed by atoms with Crippen molar-refractivity contribution in [3.05, 3.63) is 90.6 Å². The number of para-hydroxylation sites is 1. The lowest BCUT2D eigenvalue weighted by Crippen LogP contribution is -2.45. The highest BCUT2D eigenvalue weighted by molar-refractivity contribution is 7.89. The molecule has 238 valence electrons. The minimum absolute atomic E-state index is 0.00969. The smallest absolute Gasteiger partial charge is 0.245 e. The van der Waals surface area contributed by atoms with Gasteiger partial charge in [-0.1, -0.05) is 66.9 Å². The van der Waals surface area contributed by atoms with Gasteiger partial charge >= 0.3 is 0 Å². The van der Waals surface area contributed by atoms with Gasteiger partial charge in [-0.25, -0.2) is 13.4 Å². The Kier molecular flexibility index (Phi) is 8.65. The molecule has 5 aromatic rings. The Labute approximate surface area is 269 Å². The van der Waals surface area contributed by atoms with Crippen molar-refractivity contribution in [3.8, 4) is 5.69 Å². The quantitative estimate of drug-likeness (QED) is 0.232. The Morgan fingerprint density at radius 1 is 0.848 bits per heavy atom. The van der Waals surface area contributed by atoms with Crippen LogP contribution in [0, 0.1) is 0 Å². The molecule has 1 aliphatic heterocycles. The number of rotatable bonds is 9. The van der Waals surface area contributed by atoms with Crippen LogP contribution in [0.2, 0.25) is 0 Å². The molecule has 2 aromatic heterocycles. The van der Waals surface area contributed by atoms with Gasteiger partial charge in [-0.3, -0.25) is 4.90 Å². The van der Waals surface area contributed by atoms with Crippen molar-refractivity contribution in [3.63, 3.8) is 0 Å². The van der Waals surface area contributed by atoms with Gasteiger partial charge in [0.05, 0.1) is 17.6 Å². The summed E-state index contributed by atoms with van der Waals surface area (Å²) >= 11 is 0. The van der Waals surface area contributed by atoms with E-state index in [1.807, 2.05) is 12.1 Å². The molecule has 12 heteroatoms. The molecular formula is C34H39N9O2S. The second-order valence-corrected chi connectivity index (χ2v) is 14.1. The van der Waals surface area contributed by atoms with E-state index in [0.29, 0.717) is 16.9 Å². The first kappa shape index (κ1) is 30.3. The zero-order valence-electron chi connectivity index (χ0n) is 26.0. The van der Waals surface area contributed by atoms with E-state index in [4.69, 9.17) is 4.98 Å². The third kappa shape index (κ3) is 6.33. The Morgan fingerprint density at radius 2 is 1.54 bits per heavy atom. The predicted molar refractivity (Wildman–Crippen MR) is 180 cm³/mol. The molecular weight excluding hydrogens is 599 g/mol. The number of fused-ring (bicyclic) bond motifs is 1. The van der Waals surface area contributed by atoms with Gasteiger partial charge in [0.2, 0.25) is 16.0 Å². The summed E-state index contributed by atoms with van der Waals surface area (Å²) in [7, 11) is -2.04. The zero-order valence-corrected chi connectivity index (χ0v) is 26.9. The second-order valence-electron chi connectivity index (χ2n) is 12.1. The van der Waals surface area contributed by atoms with E-state index in [-0.39, 0.29) is 16.9 Å². The fourth-order valence-corrected chi connectivity index (χ4v) is 8.05. The molecule has 0 spiro atoms. The lowest BCUT2D eigenvalue weighted by atomic mass is 9.96. The highest BCUT2D eigenvalue weighted by atomic mass is 32.2. The molecule has 11 nitrogen and oxygen atoms in total. The van der Waals surface area contributed by atoms with Crippen LogP contribution in [0.5, 0.6) is 0 Å². The van der Waals surface area contributed by atoms with E-state index in [9.17, 15) is 8.42 Å². The summed E-state index contributed by atoms with van der Waals surface area (Å²) in [6, 6.07) is 25.8. The number of nitrogens with one attached hydrogen (secondary N) is 1. The van der Waals surface area contributed by atoms with Crippen molar-refractivity contribution in [2.24, 2.45) is 0 Å². The van der Waals surface area contributed by atoms with Crippen LogP contribution in [0.1, 0.15) is 37.7 Å². The molecule has 1 saturated heterocycles. The van der Waals surface area contributed by atoms with E-state index in [2.05, 4.69) is 72.9 Å². The third-order valence-corrected chi connectivity index (χ3v) is 11.1. The minimum Gasteiger partial charge on any atom is -0.369 e. The number of aromatic nitrogens is 5. The van der Waals surface area contributed by atoms with Crippen molar-refractivity contribution in [2.75, 3.05) is 43.4 Å². The average molecular weight is 638 g/mol. The SMILES string of the molecule is CN(C1CCCCC1)S(=O)(=O)c1ccccc1Nc1ncc2nnn(-c3ccc(N4CCN(Cc5ccccc5)CC4)cc3)c2n1. The summed E-state index contributed by atoms with van der Waals surface area (Å²) in [6.45, 7) is 4.93. The van der Waals surface area contributed by atoms with E-state index in [1.165, 1.54) is 15.6 Å². The number of nitrogens with zero attached hydrogens (tertiary/aromatic N) is 8. The van der Waals surface area contributed by atoms with Crippen LogP contribution in [-0.4, -0.2) is 81.9 Å². The Hall–Kier alpha value is -4.39. The first-order chi connectivity index (χ1) is 22.5. The third-order valence-electron chi connectivity index (χ3n) is 9.15. The number of anilines is 3. The van der Waals surface area contributed by atoms with E-state index in [1.54, 1.807) is 42.2 Å². The van der Waals surface area contributed by atoms with Gasteiger partial charge in [0.15, 0.2) is 11.2 Å². The van der Waals surface area contributed by atoms with Gasteiger partial charge in [0.25, 0.3) is 0 Å². The minimum atomic E-state index is -3.72. The molecule has 0 bridgehead atoms. The lowest BCUT2D eigenvalue weighted by Gasteiger charge is -2.36. The molecule has 0 unspecified atom stereocenters. The average Bonchev–Trinajstić information content (AvgIpc) is 3.53. The van der Waals surface area contributed by atoms with Crippen LogP contribution in [-0.2, 0) is 16.6 Å². The molecule has 2 aliphatic rings. The highest BCUT2D eigenvalue weighted by Gasteiger charge is 2.31. The molecule has 0 amide bonds. The number of piperazine rings is 1. The molecule has 3 heterocycles. The maximum atomic E-state index is 13.7. The number of sulfonamides is 1. The summed E-state index contributed by atoms with van der Waals surface area (Å²) in [4.78, 5) is 14.2. The van der Waals surface area contributed by atoms with Crippen LogP contribution in [0.25, 0.3) is 16.9 Å². The summed E-state index contributed by atoms with van der Waals surface area (Å²) in [5.74, 6) is 0.268. The molecule has 1 N–H and O–H groups in total. The van der Waals surface area contributed by atoms with Gasteiger partial charge in [-0.05, 0) is 54.8 Å². The van der Waals surface area contributed by atoms with Crippen LogP contribution in [0.3, 0.4) is 0 Å². The van der Waals surface area contributed by atoms with E-state index in [0.717, 1.165) is 70.5 Å². The monoisotopic (exact) mass is 637 g/mol. The van der Waals surface area contributed by atoms with Gasteiger partial charge < -0.3 is 10.2 Å². The van der Waals surface area contributed by atoms with E-state index >= 15 is 0 Å². The molecule has 1 aliphatic carbocycles. The van der Waals surface area contributed by atoms with Crippen molar-refractivity contribution in [2.45, 2.75) is 49.6 Å². The zero-order chi connectivity index (χ0) is 31.5. The number of hydrogen-bond donors (Lipinski definition) is 1. The molecule has 0 atom stereocenters. The Bertz CT molecular complexity index is 1880. The van der Waals surface area contributed by atoms with Crippen LogP contribution in [0.15, 0.2) is 90.0 Å². The van der Waals surface area contributed by atoms with Crippen LogP contribution in [0.4, 0.5) is 17.3 Å². The van der Waals surface area contributed by atoms with Gasteiger partial charge in [0.1, 0.15) is 4.90 Å². The van der Waals surface area contributed by atoms with Crippen LogP contribution >= 0.6 is 0 Å². The van der Waals surface area contributed by atoms with Crippen molar-refractivity contribution >= 4 is 38.5 Å². The first-order valence-electron chi connectivity index (χ1n) is 16.0. The van der Waals surface area contributed by atoms with Gasteiger partial charge in [0, 0.05) is 51.5 Å². The van der Waals surface area contributed by atoms with Gasteiger partial charge in [-0.15, -0.1) is 5.10 Å². The fourth-order valence-electron chi connectivity index (χ4n) is 6.48. The van der Waals surface area contributed by atoms with E-state index < -0.39 is 10.0 Å². The molecule has 46 heavy (non-hydrogen) atoms.